The van der Waals surface area contributed by atoms with Gasteiger partial charge in [-0.25, -0.2) is 0 Å². The Balaban J connectivity index is 0.000000265. The highest BCUT2D eigenvalue weighted by Crippen LogP contribution is 1.97. The largest absolute Gasteiger partial charge is 0.312 e. The number of hydrogen-bond acceptors (Lipinski definition) is 1. The number of rotatable bonds is 3. The van der Waals surface area contributed by atoms with Gasteiger partial charge in [0, 0.05) is 12.1 Å². The zero-order chi connectivity index (χ0) is 11.7. The van der Waals surface area contributed by atoms with Crippen LogP contribution >= 0.6 is 0 Å². The highest BCUT2D eigenvalue weighted by atomic mass is 14.9. The monoisotopic (exact) mass is 205 g/mol. The van der Waals surface area contributed by atoms with Crippen LogP contribution in [0, 0.1) is 0 Å². The minimum absolute atomic E-state index is 0.625. The Kier molecular flexibility index (Phi) is 7.65. The molecule has 0 radical (unpaired) electrons. The van der Waals surface area contributed by atoms with Crippen LogP contribution in [-0.4, -0.2) is 12.1 Å². The second kappa shape index (κ2) is 8.25. The van der Waals surface area contributed by atoms with Gasteiger partial charge < -0.3 is 5.32 Å². The number of benzene rings is 1. The number of hydrogen-bond donors (Lipinski definition) is 1. The van der Waals surface area contributed by atoms with E-state index in [1.54, 1.807) is 0 Å². The Hall–Kier alpha value is -1.08. The van der Waals surface area contributed by atoms with E-state index >= 15 is 0 Å². The zero-order valence-electron chi connectivity index (χ0n) is 10.3. The molecule has 0 spiro atoms. The van der Waals surface area contributed by atoms with E-state index in [2.05, 4.69) is 39.6 Å². The second-order valence-corrected chi connectivity index (χ2v) is 4.09. The summed E-state index contributed by atoms with van der Waals surface area (Å²) in [6.07, 6.45) is 1.83. The first kappa shape index (κ1) is 13.9. The van der Waals surface area contributed by atoms with E-state index in [0.717, 1.165) is 0 Å². The van der Waals surface area contributed by atoms with Gasteiger partial charge in [-0.1, -0.05) is 70.7 Å². The average Bonchev–Trinajstić information content (AvgIpc) is 2.18. The molecule has 1 rings (SSSR count). The summed E-state index contributed by atoms with van der Waals surface area (Å²) >= 11 is 0. The van der Waals surface area contributed by atoms with Crippen LogP contribution in [0.4, 0.5) is 0 Å². The lowest BCUT2D eigenvalue weighted by molar-refractivity contribution is 0.518. The van der Waals surface area contributed by atoms with E-state index in [-0.39, 0.29) is 0 Å². The maximum atomic E-state index is 3.63. The Labute approximate surface area is 94.2 Å². The van der Waals surface area contributed by atoms with Crippen LogP contribution in [0.5, 0.6) is 0 Å². The molecule has 1 nitrogen and oxygen atoms in total. The molecule has 1 aromatic carbocycles. The van der Waals surface area contributed by atoms with Gasteiger partial charge in [0.15, 0.2) is 0 Å². The lowest BCUT2D eigenvalue weighted by Gasteiger charge is -2.10. The van der Waals surface area contributed by atoms with Gasteiger partial charge in [0.25, 0.3) is 0 Å². The summed E-state index contributed by atoms with van der Waals surface area (Å²) in [4.78, 5) is 0. The van der Waals surface area contributed by atoms with E-state index in [0.29, 0.717) is 12.1 Å². The summed E-state index contributed by atoms with van der Waals surface area (Å²) in [6, 6.07) is 11.3. The van der Waals surface area contributed by atoms with Crippen molar-refractivity contribution < 1.29 is 0 Å². The summed E-state index contributed by atoms with van der Waals surface area (Å²) in [5.74, 6) is 0. The van der Waals surface area contributed by atoms with Crippen molar-refractivity contribution in [1.82, 2.24) is 5.32 Å². The standard InChI is InChI=1S/C8H8.C6H15N/c1-2-8-6-4-3-5-7-8;1-5(2)7-6(3)4/h2-7H,1H2;5-7H,1-4H3. The normalized spacial score (nSPS) is 9.73. The Morgan fingerprint density at radius 1 is 1.00 bits per heavy atom. The van der Waals surface area contributed by atoms with Crippen LogP contribution in [0.1, 0.15) is 33.3 Å². The van der Waals surface area contributed by atoms with Crippen LogP contribution in [0.2, 0.25) is 0 Å². The van der Waals surface area contributed by atoms with Gasteiger partial charge in [0.05, 0.1) is 0 Å². The van der Waals surface area contributed by atoms with Crippen LogP contribution < -0.4 is 5.32 Å². The molecule has 0 amide bonds. The first-order chi connectivity index (χ1) is 7.06. The molecule has 0 saturated heterocycles. The molecule has 0 aliphatic carbocycles. The minimum Gasteiger partial charge on any atom is -0.312 e. The quantitative estimate of drug-likeness (QED) is 0.793. The lowest BCUT2D eigenvalue weighted by atomic mass is 10.2. The van der Waals surface area contributed by atoms with Crippen LogP contribution in [0.3, 0.4) is 0 Å². The lowest BCUT2D eigenvalue weighted by Crippen LogP contribution is -2.29. The summed E-state index contributed by atoms with van der Waals surface area (Å²) in [6.45, 7) is 12.2. The third-order valence-corrected chi connectivity index (χ3v) is 1.70. The van der Waals surface area contributed by atoms with E-state index in [1.165, 1.54) is 5.56 Å². The maximum absolute atomic E-state index is 3.63. The summed E-state index contributed by atoms with van der Waals surface area (Å²) in [7, 11) is 0. The topological polar surface area (TPSA) is 12.0 Å². The average molecular weight is 205 g/mol. The molecule has 0 unspecified atom stereocenters. The highest BCUT2D eigenvalue weighted by molar-refractivity contribution is 5.45. The minimum atomic E-state index is 0.625. The van der Waals surface area contributed by atoms with Gasteiger partial charge in [-0.15, -0.1) is 0 Å². The first-order valence-corrected chi connectivity index (χ1v) is 5.49. The Morgan fingerprint density at radius 3 is 1.67 bits per heavy atom. The molecular formula is C14H23N. The van der Waals surface area contributed by atoms with Crippen LogP contribution in [-0.2, 0) is 0 Å². The molecule has 0 atom stereocenters. The smallest absolute Gasteiger partial charge is 0.00127 e. The molecule has 0 aliphatic rings. The summed E-state index contributed by atoms with van der Waals surface area (Å²) in [5.41, 5.74) is 1.17. The maximum Gasteiger partial charge on any atom is 0.00127 e. The fourth-order valence-corrected chi connectivity index (χ4v) is 1.26. The molecule has 0 bridgehead atoms. The molecule has 84 valence electrons. The molecule has 15 heavy (non-hydrogen) atoms. The molecule has 0 aliphatic heterocycles. The molecule has 0 heterocycles. The molecule has 0 saturated carbocycles. The van der Waals surface area contributed by atoms with Gasteiger partial charge in [-0.2, -0.15) is 0 Å². The molecule has 0 fully saturated rings. The third-order valence-electron chi connectivity index (χ3n) is 1.70. The zero-order valence-corrected chi connectivity index (χ0v) is 10.3. The van der Waals surface area contributed by atoms with Crippen molar-refractivity contribution in [3.8, 4) is 0 Å². The van der Waals surface area contributed by atoms with Crippen molar-refractivity contribution in [2.24, 2.45) is 0 Å². The molecular weight excluding hydrogens is 182 g/mol. The SMILES string of the molecule is C=Cc1ccccc1.CC(C)NC(C)C. The van der Waals surface area contributed by atoms with E-state index < -0.39 is 0 Å². The Morgan fingerprint density at radius 2 is 1.47 bits per heavy atom. The van der Waals surface area contributed by atoms with Crippen LogP contribution in [0.25, 0.3) is 6.08 Å². The van der Waals surface area contributed by atoms with E-state index in [1.807, 2.05) is 36.4 Å². The Bertz CT molecular complexity index is 243. The van der Waals surface area contributed by atoms with E-state index in [4.69, 9.17) is 0 Å². The number of nitrogens with one attached hydrogen (secondary N) is 1. The predicted octanol–water partition coefficient (Wildman–Crippen LogP) is 3.72. The predicted molar refractivity (Wildman–Crippen MR) is 69.9 cm³/mol. The van der Waals surface area contributed by atoms with Crippen molar-refractivity contribution in [2.45, 2.75) is 39.8 Å². The highest BCUT2D eigenvalue weighted by Gasteiger charge is 1.92. The van der Waals surface area contributed by atoms with Gasteiger partial charge in [0.1, 0.15) is 0 Å². The van der Waals surface area contributed by atoms with Crippen LogP contribution in [0.15, 0.2) is 36.9 Å². The molecule has 1 heteroatoms. The van der Waals surface area contributed by atoms with Gasteiger partial charge in [-0.3, -0.25) is 0 Å². The van der Waals surface area contributed by atoms with Crippen molar-refractivity contribution in [2.75, 3.05) is 0 Å². The molecule has 1 aromatic rings. The van der Waals surface area contributed by atoms with Crippen molar-refractivity contribution in [1.29, 1.82) is 0 Å². The fourth-order valence-electron chi connectivity index (χ4n) is 1.26. The van der Waals surface area contributed by atoms with Crippen molar-refractivity contribution in [3.63, 3.8) is 0 Å². The summed E-state index contributed by atoms with van der Waals surface area (Å²) < 4.78 is 0. The molecule has 1 N–H and O–H groups in total. The van der Waals surface area contributed by atoms with E-state index in [9.17, 15) is 0 Å². The fraction of sp³-hybridized carbons (Fsp3) is 0.429. The van der Waals surface area contributed by atoms with Gasteiger partial charge in [-0.05, 0) is 5.56 Å². The summed E-state index contributed by atoms with van der Waals surface area (Å²) in [5, 5.41) is 3.31. The second-order valence-electron chi connectivity index (χ2n) is 4.09. The molecule has 0 aromatic heterocycles. The first-order valence-electron chi connectivity index (χ1n) is 5.49. The van der Waals surface area contributed by atoms with Crippen molar-refractivity contribution >= 4 is 6.08 Å². The van der Waals surface area contributed by atoms with Gasteiger partial charge in [0.2, 0.25) is 0 Å². The third kappa shape index (κ3) is 9.23. The van der Waals surface area contributed by atoms with Crippen molar-refractivity contribution in [3.05, 3.63) is 42.5 Å². The van der Waals surface area contributed by atoms with Gasteiger partial charge >= 0.3 is 0 Å².